The minimum atomic E-state index is -3.72. The Labute approximate surface area is 122 Å². The molecular weight excluding hydrogens is 298 g/mol. The number of primary sulfonamides is 1. The van der Waals surface area contributed by atoms with E-state index < -0.39 is 21.8 Å². The van der Waals surface area contributed by atoms with E-state index in [0.717, 1.165) is 5.56 Å². The number of hydrogen-bond acceptors (Lipinski definition) is 5. The SMILES string of the molecule is NS(=O)(=O)c1ccc(CCNC(=O)C(=O)NCCO)cc1. The molecule has 0 radical (unpaired) electrons. The highest BCUT2D eigenvalue weighted by molar-refractivity contribution is 7.89. The van der Waals surface area contributed by atoms with Crippen LogP contribution in [0.1, 0.15) is 5.56 Å². The summed E-state index contributed by atoms with van der Waals surface area (Å²) >= 11 is 0. The van der Waals surface area contributed by atoms with Gasteiger partial charge in [-0.2, -0.15) is 0 Å². The van der Waals surface area contributed by atoms with Crippen molar-refractivity contribution in [3.05, 3.63) is 29.8 Å². The molecule has 0 bridgehead atoms. The normalized spacial score (nSPS) is 11.0. The molecule has 0 aromatic heterocycles. The molecular formula is C12H17N3O5S. The average Bonchev–Trinajstić information content (AvgIpc) is 2.44. The van der Waals surface area contributed by atoms with Gasteiger partial charge in [-0.25, -0.2) is 13.6 Å². The Kier molecular flexibility index (Phi) is 6.28. The van der Waals surface area contributed by atoms with Gasteiger partial charge in [0.1, 0.15) is 0 Å². The van der Waals surface area contributed by atoms with Gasteiger partial charge < -0.3 is 15.7 Å². The number of rotatable bonds is 6. The van der Waals surface area contributed by atoms with Crippen molar-refractivity contribution in [1.29, 1.82) is 0 Å². The molecule has 21 heavy (non-hydrogen) atoms. The zero-order chi connectivity index (χ0) is 15.9. The smallest absolute Gasteiger partial charge is 0.309 e. The van der Waals surface area contributed by atoms with Crippen molar-refractivity contribution >= 4 is 21.8 Å². The van der Waals surface area contributed by atoms with Crippen LogP contribution in [-0.4, -0.2) is 45.0 Å². The Morgan fingerprint density at radius 1 is 1.05 bits per heavy atom. The summed E-state index contributed by atoms with van der Waals surface area (Å²) in [4.78, 5) is 22.5. The molecule has 1 aromatic rings. The van der Waals surface area contributed by atoms with E-state index in [4.69, 9.17) is 10.2 Å². The number of carbonyl (C=O) groups is 2. The predicted molar refractivity (Wildman–Crippen MR) is 74.6 cm³/mol. The molecule has 0 aliphatic heterocycles. The molecule has 0 fully saturated rings. The van der Waals surface area contributed by atoms with E-state index in [-0.39, 0.29) is 24.6 Å². The Balaban J connectivity index is 2.42. The lowest BCUT2D eigenvalue weighted by Gasteiger charge is -2.06. The van der Waals surface area contributed by atoms with Crippen LogP contribution in [0.4, 0.5) is 0 Å². The molecule has 0 aliphatic carbocycles. The van der Waals surface area contributed by atoms with Gasteiger partial charge in [0.05, 0.1) is 11.5 Å². The maximum absolute atomic E-state index is 11.3. The molecule has 0 saturated heterocycles. The van der Waals surface area contributed by atoms with Gasteiger partial charge in [-0.05, 0) is 24.1 Å². The van der Waals surface area contributed by atoms with Crippen LogP contribution in [-0.2, 0) is 26.0 Å². The van der Waals surface area contributed by atoms with Gasteiger partial charge in [0.15, 0.2) is 0 Å². The quantitative estimate of drug-likeness (QED) is 0.454. The first-order chi connectivity index (χ1) is 9.84. The number of hydrogen-bond donors (Lipinski definition) is 4. The van der Waals surface area contributed by atoms with E-state index in [9.17, 15) is 18.0 Å². The summed E-state index contributed by atoms with van der Waals surface area (Å²) in [7, 11) is -3.72. The van der Waals surface area contributed by atoms with Crippen LogP contribution in [0.3, 0.4) is 0 Å². The van der Waals surface area contributed by atoms with Crippen LogP contribution in [0.15, 0.2) is 29.2 Å². The Morgan fingerprint density at radius 3 is 2.05 bits per heavy atom. The fraction of sp³-hybridized carbons (Fsp3) is 0.333. The van der Waals surface area contributed by atoms with Crippen molar-refractivity contribution in [2.45, 2.75) is 11.3 Å². The predicted octanol–water partition coefficient (Wildman–Crippen LogP) is -1.90. The molecule has 1 rings (SSSR count). The highest BCUT2D eigenvalue weighted by atomic mass is 32.2. The lowest BCUT2D eigenvalue weighted by atomic mass is 10.1. The van der Waals surface area contributed by atoms with E-state index in [2.05, 4.69) is 10.6 Å². The van der Waals surface area contributed by atoms with Crippen LogP contribution >= 0.6 is 0 Å². The third kappa shape index (κ3) is 5.90. The maximum atomic E-state index is 11.3. The number of nitrogens with two attached hydrogens (primary N) is 1. The summed E-state index contributed by atoms with van der Waals surface area (Å²) in [6.45, 7) is -0.00318. The number of benzene rings is 1. The van der Waals surface area contributed by atoms with Crippen molar-refractivity contribution in [3.8, 4) is 0 Å². The summed E-state index contributed by atoms with van der Waals surface area (Å²) in [5, 5.41) is 18.1. The van der Waals surface area contributed by atoms with Crippen LogP contribution in [0, 0.1) is 0 Å². The van der Waals surface area contributed by atoms with Gasteiger partial charge in [0.25, 0.3) is 0 Å². The van der Waals surface area contributed by atoms with E-state index in [1.165, 1.54) is 12.1 Å². The van der Waals surface area contributed by atoms with Crippen LogP contribution < -0.4 is 15.8 Å². The lowest BCUT2D eigenvalue weighted by molar-refractivity contribution is -0.139. The summed E-state index contributed by atoms with van der Waals surface area (Å²) in [5.74, 6) is -1.60. The molecule has 0 saturated carbocycles. The third-order valence-electron chi connectivity index (χ3n) is 2.55. The minimum Gasteiger partial charge on any atom is -0.395 e. The van der Waals surface area contributed by atoms with E-state index in [0.29, 0.717) is 6.42 Å². The van der Waals surface area contributed by atoms with Crippen LogP contribution in [0.25, 0.3) is 0 Å². The van der Waals surface area contributed by atoms with E-state index in [1.807, 2.05) is 0 Å². The van der Waals surface area contributed by atoms with Crippen molar-refractivity contribution in [3.63, 3.8) is 0 Å². The highest BCUT2D eigenvalue weighted by Crippen LogP contribution is 2.08. The van der Waals surface area contributed by atoms with Crippen molar-refractivity contribution in [2.24, 2.45) is 5.14 Å². The molecule has 0 spiro atoms. The fourth-order valence-corrected chi connectivity index (χ4v) is 2.01. The summed E-state index contributed by atoms with van der Waals surface area (Å²) in [5.41, 5.74) is 0.790. The number of aliphatic hydroxyl groups is 1. The summed E-state index contributed by atoms with van der Waals surface area (Å²) in [6.07, 6.45) is 0.434. The Morgan fingerprint density at radius 2 is 1.57 bits per heavy atom. The van der Waals surface area contributed by atoms with Gasteiger partial charge in [0.2, 0.25) is 10.0 Å². The van der Waals surface area contributed by atoms with Crippen LogP contribution in [0.2, 0.25) is 0 Å². The van der Waals surface area contributed by atoms with Crippen LogP contribution in [0.5, 0.6) is 0 Å². The molecule has 2 amide bonds. The molecule has 0 heterocycles. The molecule has 0 unspecified atom stereocenters. The largest absolute Gasteiger partial charge is 0.395 e. The zero-order valence-corrected chi connectivity index (χ0v) is 12.0. The van der Waals surface area contributed by atoms with Gasteiger partial charge in [0, 0.05) is 13.1 Å². The lowest BCUT2D eigenvalue weighted by Crippen LogP contribution is -2.41. The second kappa shape index (κ2) is 7.72. The first-order valence-corrected chi connectivity index (χ1v) is 7.68. The van der Waals surface area contributed by atoms with Gasteiger partial charge in [-0.3, -0.25) is 9.59 Å². The monoisotopic (exact) mass is 315 g/mol. The van der Waals surface area contributed by atoms with Crippen molar-refractivity contribution in [1.82, 2.24) is 10.6 Å². The van der Waals surface area contributed by atoms with Gasteiger partial charge in [-0.15, -0.1) is 0 Å². The molecule has 5 N–H and O–H groups in total. The standard InChI is InChI=1S/C12H17N3O5S/c13-21(19,20)10-3-1-9(2-4-10)5-6-14-11(17)12(18)15-7-8-16/h1-4,16H,5-8H2,(H,14,17)(H,15,18)(H2,13,19,20). The average molecular weight is 315 g/mol. The Bertz CT molecular complexity index is 598. The maximum Gasteiger partial charge on any atom is 0.309 e. The fourth-order valence-electron chi connectivity index (χ4n) is 1.50. The van der Waals surface area contributed by atoms with Crippen molar-refractivity contribution < 1.29 is 23.1 Å². The molecule has 0 aliphatic rings. The molecule has 8 nitrogen and oxygen atoms in total. The number of nitrogens with one attached hydrogen (secondary N) is 2. The third-order valence-corrected chi connectivity index (χ3v) is 3.48. The second-order valence-corrected chi connectivity index (χ2v) is 5.74. The van der Waals surface area contributed by atoms with E-state index in [1.54, 1.807) is 12.1 Å². The summed E-state index contributed by atoms with van der Waals surface area (Å²) in [6, 6.07) is 5.91. The first-order valence-electron chi connectivity index (χ1n) is 6.13. The molecule has 9 heteroatoms. The number of aliphatic hydroxyl groups excluding tert-OH is 1. The topological polar surface area (TPSA) is 139 Å². The molecule has 0 atom stereocenters. The van der Waals surface area contributed by atoms with E-state index >= 15 is 0 Å². The number of carbonyl (C=O) groups excluding carboxylic acids is 2. The first kappa shape index (κ1) is 17.1. The molecule has 116 valence electrons. The number of amides is 2. The van der Waals surface area contributed by atoms with Gasteiger partial charge in [-0.1, -0.05) is 12.1 Å². The minimum absolute atomic E-state index is 0.0127. The zero-order valence-electron chi connectivity index (χ0n) is 11.2. The van der Waals surface area contributed by atoms with Gasteiger partial charge >= 0.3 is 11.8 Å². The highest BCUT2D eigenvalue weighted by Gasteiger charge is 2.11. The summed E-state index contributed by atoms with van der Waals surface area (Å²) < 4.78 is 22.1. The number of sulfonamides is 1. The Hall–Kier alpha value is -1.97. The van der Waals surface area contributed by atoms with Crippen molar-refractivity contribution in [2.75, 3.05) is 19.7 Å². The second-order valence-electron chi connectivity index (χ2n) is 4.17. The molecule has 1 aromatic carbocycles.